The maximum atomic E-state index is 12.7. The summed E-state index contributed by atoms with van der Waals surface area (Å²) in [5.41, 5.74) is 0. The molecule has 0 saturated carbocycles. The third-order valence-electron chi connectivity index (χ3n) is 4.33. The Balaban J connectivity index is 1.86. The summed E-state index contributed by atoms with van der Waals surface area (Å²) in [6, 6.07) is 3.91. The zero-order valence-electron chi connectivity index (χ0n) is 11.7. The summed E-state index contributed by atoms with van der Waals surface area (Å²) in [4.78, 5) is 29.8. The molecule has 0 aromatic carbocycles. The van der Waals surface area contributed by atoms with Crippen molar-refractivity contribution in [1.82, 2.24) is 9.80 Å². The zero-order chi connectivity index (χ0) is 14.1. The van der Waals surface area contributed by atoms with Gasteiger partial charge in [-0.25, -0.2) is 0 Å². The molecule has 0 N–H and O–H groups in total. The molecule has 0 radical (unpaired) electrons. The fraction of sp³-hybridized carbons (Fsp3) is 0.600. The average Bonchev–Trinajstić information content (AvgIpc) is 2.99. The Kier molecular flexibility index (Phi) is 3.78. The molecule has 2 atom stereocenters. The van der Waals surface area contributed by atoms with Gasteiger partial charge in [-0.15, -0.1) is 11.3 Å². The smallest absolute Gasteiger partial charge is 0.246 e. The highest BCUT2D eigenvalue weighted by Crippen LogP contribution is 2.33. The zero-order valence-corrected chi connectivity index (χ0v) is 12.6. The van der Waals surface area contributed by atoms with Crippen LogP contribution in [0.5, 0.6) is 0 Å². The van der Waals surface area contributed by atoms with Crippen molar-refractivity contribution in [3.63, 3.8) is 0 Å². The highest BCUT2D eigenvalue weighted by Gasteiger charge is 2.42. The second-order valence-corrected chi connectivity index (χ2v) is 6.48. The number of rotatable bonds is 3. The van der Waals surface area contributed by atoms with Gasteiger partial charge in [-0.1, -0.05) is 13.0 Å². The molecule has 108 valence electrons. The first-order valence-electron chi connectivity index (χ1n) is 7.35. The Morgan fingerprint density at radius 3 is 2.95 bits per heavy atom. The number of carbonyl (C=O) groups excluding carboxylic acids is 2. The number of thiophene rings is 1. The van der Waals surface area contributed by atoms with Gasteiger partial charge in [0.2, 0.25) is 11.8 Å². The van der Waals surface area contributed by atoms with Gasteiger partial charge in [0, 0.05) is 11.4 Å². The van der Waals surface area contributed by atoms with Crippen molar-refractivity contribution in [3.8, 4) is 0 Å². The normalized spacial score (nSPS) is 24.8. The summed E-state index contributed by atoms with van der Waals surface area (Å²) in [6.45, 7) is 3.07. The second kappa shape index (κ2) is 5.56. The highest BCUT2D eigenvalue weighted by molar-refractivity contribution is 7.10. The van der Waals surface area contributed by atoms with Crippen LogP contribution in [0, 0.1) is 0 Å². The van der Waals surface area contributed by atoms with Gasteiger partial charge in [0.15, 0.2) is 0 Å². The Bertz CT molecular complexity index is 500. The van der Waals surface area contributed by atoms with Crippen LogP contribution < -0.4 is 0 Å². The van der Waals surface area contributed by atoms with E-state index in [4.69, 9.17) is 0 Å². The molecule has 2 aliphatic rings. The maximum Gasteiger partial charge on any atom is 0.246 e. The van der Waals surface area contributed by atoms with Gasteiger partial charge in [-0.05, 0) is 37.1 Å². The van der Waals surface area contributed by atoms with E-state index >= 15 is 0 Å². The Morgan fingerprint density at radius 2 is 2.25 bits per heavy atom. The lowest BCUT2D eigenvalue weighted by Crippen LogP contribution is -2.61. The minimum absolute atomic E-state index is 0.0514. The van der Waals surface area contributed by atoms with Gasteiger partial charge in [-0.3, -0.25) is 9.59 Å². The lowest BCUT2D eigenvalue weighted by molar-refractivity contribution is -0.160. The van der Waals surface area contributed by atoms with Crippen LogP contribution in [0.3, 0.4) is 0 Å². The van der Waals surface area contributed by atoms with E-state index in [1.165, 1.54) is 4.88 Å². The lowest BCUT2D eigenvalue weighted by atomic mass is 9.96. The molecule has 3 rings (SSSR count). The molecule has 5 heteroatoms. The largest absolute Gasteiger partial charge is 0.329 e. The van der Waals surface area contributed by atoms with Crippen LogP contribution in [-0.4, -0.2) is 40.7 Å². The van der Waals surface area contributed by atoms with Crippen LogP contribution in [0.15, 0.2) is 17.5 Å². The average molecular weight is 292 g/mol. The van der Waals surface area contributed by atoms with Crippen LogP contribution in [0.25, 0.3) is 0 Å². The summed E-state index contributed by atoms with van der Waals surface area (Å²) in [5, 5.41) is 2.03. The molecular weight excluding hydrogens is 272 g/mol. The van der Waals surface area contributed by atoms with E-state index < -0.39 is 0 Å². The van der Waals surface area contributed by atoms with Crippen molar-refractivity contribution in [1.29, 1.82) is 0 Å². The van der Waals surface area contributed by atoms with Crippen molar-refractivity contribution >= 4 is 23.2 Å². The number of carbonyl (C=O) groups is 2. The molecule has 4 nitrogen and oxygen atoms in total. The van der Waals surface area contributed by atoms with Crippen molar-refractivity contribution in [2.75, 3.05) is 13.1 Å². The molecule has 1 aromatic rings. The molecule has 3 heterocycles. The number of nitrogens with zero attached hydrogens (tertiary/aromatic N) is 2. The lowest BCUT2D eigenvalue weighted by Gasteiger charge is -2.45. The first-order chi connectivity index (χ1) is 9.72. The maximum absolute atomic E-state index is 12.7. The Hall–Kier alpha value is -1.36. The van der Waals surface area contributed by atoms with Crippen molar-refractivity contribution in [2.45, 2.75) is 44.7 Å². The van der Waals surface area contributed by atoms with Crippen molar-refractivity contribution < 1.29 is 9.59 Å². The summed E-state index contributed by atoms with van der Waals surface area (Å²) < 4.78 is 0. The van der Waals surface area contributed by atoms with E-state index in [1.807, 2.05) is 11.4 Å². The van der Waals surface area contributed by atoms with Gasteiger partial charge in [-0.2, -0.15) is 0 Å². The number of hydrogen-bond acceptors (Lipinski definition) is 3. The van der Waals surface area contributed by atoms with E-state index in [1.54, 1.807) is 21.1 Å². The van der Waals surface area contributed by atoms with E-state index in [9.17, 15) is 9.59 Å². The van der Waals surface area contributed by atoms with E-state index in [-0.39, 0.29) is 30.4 Å². The van der Waals surface area contributed by atoms with Crippen LogP contribution in [0.4, 0.5) is 0 Å². The van der Waals surface area contributed by atoms with Crippen molar-refractivity contribution in [2.24, 2.45) is 0 Å². The van der Waals surface area contributed by atoms with Gasteiger partial charge >= 0.3 is 0 Å². The predicted octanol–water partition coefficient (Wildman–Crippen LogP) is 2.42. The standard InChI is InChI=1S/C15H20N2O2S/c1-2-11(13-7-5-9-20-13)17-10-14(18)16-8-4-3-6-12(16)15(17)19/h5,7,9,11-12H,2-4,6,8,10H2,1H3. The number of amides is 2. The van der Waals surface area contributed by atoms with Gasteiger partial charge in [0.05, 0.1) is 6.04 Å². The van der Waals surface area contributed by atoms with Gasteiger partial charge < -0.3 is 9.80 Å². The molecule has 2 unspecified atom stereocenters. The fourth-order valence-corrected chi connectivity index (χ4v) is 4.23. The topological polar surface area (TPSA) is 40.6 Å². The monoisotopic (exact) mass is 292 g/mol. The number of piperidine rings is 1. The van der Waals surface area contributed by atoms with E-state index in [2.05, 4.69) is 13.0 Å². The quantitative estimate of drug-likeness (QED) is 0.858. The molecule has 0 bridgehead atoms. The molecule has 1 aromatic heterocycles. The summed E-state index contributed by atoms with van der Waals surface area (Å²) in [7, 11) is 0. The van der Waals surface area contributed by atoms with Crippen LogP contribution in [-0.2, 0) is 9.59 Å². The molecular formula is C15H20N2O2S. The molecule has 0 aliphatic carbocycles. The van der Waals surface area contributed by atoms with Gasteiger partial charge in [0.1, 0.15) is 12.6 Å². The third kappa shape index (κ3) is 2.24. The summed E-state index contributed by atoms with van der Waals surface area (Å²) in [6.07, 6.45) is 3.75. The Labute approximate surface area is 123 Å². The highest BCUT2D eigenvalue weighted by atomic mass is 32.1. The molecule has 2 aliphatic heterocycles. The van der Waals surface area contributed by atoms with Crippen LogP contribution >= 0.6 is 11.3 Å². The molecule has 2 fully saturated rings. The first kappa shape index (κ1) is 13.6. The minimum Gasteiger partial charge on any atom is -0.329 e. The Morgan fingerprint density at radius 1 is 1.40 bits per heavy atom. The van der Waals surface area contributed by atoms with E-state index in [0.29, 0.717) is 0 Å². The number of fused-ring (bicyclic) bond motifs is 1. The predicted molar refractivity (Wildman–Crippen MR) is 78.4 cm³/mol. The van der Waals surface area contributed by atoms with Crippen LogP contribution in [0.2, 0.25) is 0 Å². The molecule has 0 spiro atoms. The SMILES string of the molecule is CCC(c1cccs1)N1CC(=O)N2CCCCC2C1=O. The second-order valence-electron chi connectivity index (χ2n) is 5.50. The fourth-order valence-electron chi connectivity index (χ4n) is 3.31. The molecule has 2 amide bonds. The van der Waals surface area contributed by atoms with Crippen molar-refractivity contribution in [3.05, 3.63) is 22.4 Å². The number of piperazine rings is 1. The van der Waals surface area contributed by atoms with E-state index in [0.717, 1.165) is 32.2 Å². The molecule has 2 saturated heterocycles. The minimum atomic E-state index is -0.209. The summed E-state index contributed by atoms with van der Waals surface area (Å²) >= 11 is 1.66. The van der Waals surface area contributed by atoms with Crippen LogP contribution in [0.1, 0.15) is 43.5 Å². The summed E-state index contributed by atoms with van der Waals surface area (Å²) in [5.74, 6) is 0.258. The third-order valence-corrected chi connectivity index (χ3v) is 5.30. The van der Waals surface area contributed by atoms with Gasteiger partial charge in [0.25, 0.3) is 0 Å². The first-order valence-corrected chi connectivity index (χ1v) is 8.23. The molecule has 20 heavy (non-hydrogen) atoms. The number of hydrogen-bond donors (Lipinski definition) is 0.